The predicted octanol–water partition coefficient (Wildman–Crippen LogP) is 2.62. The first-order valence-electron chi connectivity index (χ1n) is 7.70. The van der Waals surface area contributed by atoms with Crippen molar-refractivity contribution in [3.63, 3.8) is 0 Å². The highest BCUT2D eigenvalue weighted by molar-refractivity contribution is 5.54. The predicted molar refractivity (Wildman–Crippen MR) is 88.4 cm³/mol. The van der Waals surface area contributed by atoms with Gasteiger partial charge in [0.1, 0.15) is 0 Å². The van der Waals surface area contributed by atoms with E-state index in [0.717, 1.165) is 12.0 Å². The summed E-state index contributed by atoms with van der Waals surface area (Å²) in [6.45, 7) is 5.10. The number of benzene rings is 1. The van der Waals surface area contributed by atoms with Gasteiger partial charge in [0.15, 0.2) is 11.6 Å². The summed E-state index contributed by atoms with van der Waals surface area (Å²) in [4.78, 5) is 0. The average Bonchev–Trinajstić information content (AvgIpc) is 2.55. The maximum atomic E-state index is 13.3. The molecule has 23 heavy (non-hydrogen) atoms. The zero-order chi connectivity index (χ0) is 17.4. The highest BCUT2D eigenvalue weighted by Gasteiger charge is 2.23. The van der Waals surface area contributed by atoms with E-state index < -0.39 is 30.5 Å². The third-order valence-electron chi connectivity index (χ3n) is 3.91. The van der Waals surface area contributed by atoms with Crippen LogP contribution in [0.15, 0.2) is 36.4 Å². The summed E-state index contributed by atoms with van der Waals surface area (Å²) in [5, 5.41) is 37.9. The molecule has 0 saturated carbocycles. The van der Waals surface area contributed by atoms with Crippen molar-refractivity contribution in [2.24, 2.45) is 5.92 Å². The molecule has 4 nitrogen and oxygen atoms in total. The molecule has 0 radical (unpaired) electrons. The third kappa shape index (κ3) is 5.78. The lowest BCUT2D eigenvalue weighted by molar-refractivity contribution is 0.00211. The van der Waals surface area contributed by atoms with E-state index in [-0.39, 0.29) is 5.75 Å². The fourth-order valence-electron chi connectivity index (χ4n) is 2.42. The van der Waals surface area contributed by atoms with Gasteiger partial charge in [-0.25, -0.2) is 4.39 Å². The number of phenolic OH excluding ortho intramolecular Hbond substituents is 1. The summed E-state index contributed by atoms with van der Waals surface area (Å²) in [6.07, 6.45) is 3.10. The van der Waals surface area contributed by atoms with E-state index in [2.05, 4.69) is 6.58 Å². The summed E-state index contributed by atoms with van der Waals surface area (Å²) >= 11 is 0. The van der Waals surface area contributed by atoms with Crippen LogP contribution in [0.4, 0.5) is 4.39 Å². The summed E-state index contributed by atoms with van der Waals surface area (Å²) in [5.41, 5.74) is 1.65. The first-order chi connectivity index (χ1) is 10.9. The topological polar surface area (TPSA) is 80.9 Å². The Labute approximate surface area is 136 Å². The molecule has 0 aromatic heterocycles. The molecule has 0 amide bonds. The number of phenols is 1. The number of halogens is 1. The van der Waals surface area contributed by atoms with Gasteiger partial charge in [-0.15, -0.1) is 6.58 Å². The minimum atomic E-state index is -1.04. The Bertz CT molecular complexity index is 542. The molecule has 4 N–H and O–H groups in total. The van der Waals surface area contributed by atoms with Crippen LogP contribution in [0, 0.1) is 11.7 Å². The lowest BCUT2D eigenvalue weighted by Gasteiger charge is -2.23. The highest BCUT2D eigenvalue weighted by atomic mass is 19.1. The van der Waals surface area contributed by atoms with Gasteiger partial charge in [0.05, 0.1) is 18.8 Å². The average molecular weight is 324 g/mol. The Morgan fingerprint density at radius 3 is 2.52 bits per heavy atom. The summed E-state index contributed by atoms with van der Waals surface area (Å²) in [5.74, 6) is -1.65. The van der Waals surface area contributed by atoms with Crippen molar-refractivity contribution >= 4 is 6.08 Å². The molecule has 1 aromatic carbocycles. The molecular weight excluding hydrogens is 299 g/mol. The van der Waals surface area contributed by atoms with Crippen molar-refractivity contribution < 1.29 is 24.8 Å². The minimum absolute atomic E-state index is 0.387. The van der Waals surface area contributed by atoms with Crippen molar-refractivity contribution in [2.75, 3.05) is 6.61 Å². The van der Waals surface area contributed by atoms with E-state index in [1.54, 1.807) is 6.07 Å². The third-order valence-corrected chi connectivity index (χ3v) is 3.91. The number of allylic oxidation sites excluding steroid dienone is 1. The van der Waals surface area contributed by atoms with Crippen LogP contribution in [0.2, 0.25) is 0 Å². The van der Waals surface area contributed by atoms with E-state index in [1.807, 2.05) is 13.0 Å². The quantitative estimate of drug-likeness (QED) is 0.526. The van der Waals surface area contributed by atoms with Crippen molar-refractivity contribution in [3.8, 4) is 5.75 Å². The fourth-order valence-corrected chi connectivity index (χ4v) is 2.42. The Morgan fingerprint density at radius 1 is 1.30 bits per heavy atom. The van der Waals surface area contributed by atoms with Crippen molar-refractivity contribution in [1.82, 2.24) is 0 Å². The largest absolute Gasteiger partial charge is 0.505 e. The van der Waals surface area contributed by atoms with E-state index in [0.29, 0.717) is 18.4 Å². The van der Waals surface area contributed by atoms with Gasteiger partial charge in [-0.1, -0.05) is 30.7 Å². The van der Waals surface area contributed by atoms with Crippen LogP contribution in [-0.4, -0.2) is 39.2 Å². The normalized spacial score (nSPS) is 16.0. The molecule has 5 heteroatoms. The Hall–Kier alpha value is -1.69. The highest BCUT2D eigenvalue weighted by Crippen LogP contribution is 2.23. The van der Waals surface area contributed by atoms with Crippen molar-refractivity contribution in [2.45, 2.75) is 38.4 Å². The molecule has 0 heterocycles. The van der Waals surface area contributed by atoms with Crippen LogP contribution >= 0.6 is 0 Å². The van der Waals surface area contributed by atoms with Gasteiger partial charge >= 0.3 is 0 Å². The van der Waals surface area contributed by atoms with E-state index >= 15 is 0 Å². The standard InChI is InChI=1S/C18H25FO4/c1-3-12(9-13-6-8-17(22)15(19)10-13)5-7-16(21)14(4-2)18(23)11-20/h4,6,8-10,14,16,18,20-23H,2-3,5,7,11H2,1H3/b12-9+/t14-,16-,18-/m1/s1. The van der Waals surface area contributed by atoms with Gasteiger partial charge in [-0.2, -0.15) is 0 Å². The zero-order valence-corrected chi connectivity index (χ0v) is 13.3. The SMILES string of the molecule is C=C[C@@H]([C@H](O)CO)[C@H](O)CC/C(=C/c1ccc(O)c(F)c1)CC. The molecule has 0 saturated heterocycles. The summed E-state index contributed by atoms with van der Waals surface area (Å²) < 4.78 is 13.3. The molecule has 3 atom stereocenters. The first kappa shape index (κ1) is 19.4. The van der Waals surface area contributed by atoms with Crippen LogP contribution in [0.3, 0.4) is 0 Å². The number of hydrogen-bond acceptors (Lipinski definition) is 4. The smallest absolute Gasteiger partial charge is 0.165 e. The Kier molecular flexibility index (Phi) is 7.95. The molecule has 1 rings (SSSR count). The van der Waals surface area contributed by atoms with Gasteiger partial charge in [0, 0.05) is 5.92 Å². The molecule has 0 aliphatic carbocycles. The first-order valence-corrected chi connectivity index (χ1v) is 7.70. The number of hydrogen-bond donors (Lipinski definition) is 4. The second kappa shape index (κ2) is 9.45. The Balaban J connectivity index is 2.74. The molecular formula is C18H25FO4. The van der Waals surface area contributed by atoms with Crippen LogP contribution in [0.5, 0.6) is 5.75 Å². The molecule has 1 aromatic rings. The summed E-state index contributed by atoms with van der Waals surface area (Å²) in [6, 6.07) is 4.17. The van der Waals surface area contributed by atoms with Crippen molar-refractivity contribution in [3.05, 3.63) is 47.8 Å². The molecule has 0 fully saturated rings. The Morgan fingerprint density at radius 2 is 2.00 bits per heavy atom. The summed E-state index contributed by atoms with van der Waals surface area (Å²) in [7, 11) is 0. The van der Waals surface area contributed by atoms with Gasteiger partial charge < -0.3 is 20.4 Å². The second-order valence-electron chi connectivity index (χ2n) is 5.54. The van der Waals surface area contributed by atoms with Crippen LogP contribution < -0.4 is 0 Å². The van der Waals surface area contributed by atoms with Gasteiger partial charge in [-0.05, 0) is 37.0 Å². The van der Waals surface area contributed by atoms with E-state index in [4.69, 9.17) is 5.11 Å². The molecule has 0 spiro atoms. The molecule has 128 valence electrons. The molecule has 0 unspecified atom stereocenters. The number of aromatic hydroxyl groups is 1. The van der Waals surface area contributed by atoms with E-state index in [9.17, 15) is 19.7 Å². The van der Waals surface area contributed by atoms with Crippen LogP contribution in [-0.2, 0) is 0 Å². The minimum Gasteiger partial charge on any atom is -0.505 e. The fraction of sp³-hybridized carbons (Fsp3) is 0.444. The van der Waals surface area contributed by atoms with Gasteiger partial charge in [0.25, 0.3) is 0 Å². The van der Waals surface area contributed by atoms with Crippen LogP contribution in [0.1, 0.15) is 31.7 Å². The van der Waals surface area contributed by atoms with Gasteiger partial charge in [-0.3, -0.25) is 0 Å². The van der Waals surface area contributed by atoms with Crippen LogP contribution in [0.25, 0.3) is 6.08 Å². The van der Waals surface area contributed by atoms with E-state index in [1.165, 1.54) is 18.2 Å². The maximum Gasteiger partial charge on any atom is 0.165 e. The zero-order valence-electron chi connectivity index (χ0n) is 13.3. The lowest BCUT2D eigenvalue weighted by atomic mass is 9.91. The molecule has 0 aliphatic rings. The molecule has 0 aliphatic heterocycles. The number of aliphatic hydroxyl groups excluding tert-OH is 3. The number of aliphatic hydroxyl groups is 3. The van der Waals surface area contributed by atoms with Gasteiger partial charge in [0.2, 0.25) is 0 Å². The second-order valence-corrected chi connectivity index (χ2v) is 5.54. The molecule has 0 bridgehead atoms. The lowest BCUT2D eigenvalue weighted by Crippen LogP contribution is -2.32. The number of rotatable bonds is 9. The van der Waals surface area contributed by atoms with Crippen molar-refractivity contribution in [1.29, 1.82) is 0 Å². The monoisotopic (exact) mass is 324 g/mol. The maximum absolute atomic E-state index is 13.3.